The van der Waals surface area contributed by atoms with E-state index in [1.807, 2.05) is 54.6 Å². The lowest BCUT2D eigenvalue weighted by Gasteiger charge is -2.15. The number of benzene rings is 3. The van der Waals surface area contributed by atoms with Crippen LogP contribution in [0.5, 0.6) is 5.75 Å². The zero-order valence-corrected chi connectivity index (χ0v) is 15.8. The molecule has 0 aliphatic heterocycles. The average molecular weight is 374 g/mol. The van der Waals surface area contributed by atoms with Crippen molar-refractivity contribution in [2.45, 2.75) is 20.0 Å². The number of ether oxygens (including phenoxy) is 1. The van der Waals surface area contributed by atoms with Crippen LogP contribution in [0.2, 0.25) is 0 Å². The molecule has 0 aliphatic carbocycles. The molecule has 0 fully saturated rings. The Bertz CT molecular complexity index is 936. The van der Waals surface area contributed by atoms with Gasteiger partial charge in [0.25, 0.3) is 5.91 Å². The first kappa shape index (κ1) is 19.2. The van der Waals surface area contributed by atoms with Gasteiger partial charge in [0.15, 0.2) is 6.10 Å². The minimum absolute atomic E-state index is 0.142. The van der Waals surface area contributed by atoms with Crippen molar-refractivity contribution >= 4 is 23.2 Å². The van der Waals surface area contributed by atoms with Gasteiger partial charge in [-0.05, 0) is 54.4 Å². The van der Waals surface area contributed by atoms with E-state index >= 15 is 0 Å². The Hall–Kier alpha value is -3.60. The van der Waals surface area contributed by atoms with Crippen molar-refractivity contribution in [3.8, 4) is 16.9 Å². The van der Waals surface area contributed by atoms with Crippen molar-refractivity contribution in [3.05, 3.63) is 78.9 Å². The lowest BCUT2D eigenvalue weighted by Crippen LogP contribution is -2.30. The van der Waals surface area contributed by atoms with E-state index in [1.165, 1.54) is 6.92 Å². The van der Waals surface area contributed by atoms with E-state index in [-0.39, 0.29) is 11.8 Å². The summed E-state index contributed by atoms with van der Waals surface area (Å²) in [4.78, 5) is 23.4. The normalized spacial score (nSPS) is 11.4. The summed E-state index contributed by atoms with van der Waals surface area (Å²) in [6.45, 7) is 3.15. The van der Waals surface area contributed by atoms with Crippen molar-refractivity contribution in [1.82, 2.24) is 0 Å². The predicted octanol–water partition coefficient (Wildman–Crippen LogP) is 4.72. The number of carbonyl (C=O) groups is 2. The number of hydrogen-bond donors (Lipinski definition) is 2. The molecule has 0 saturated carbocycles. The summed E-state index contributed by atoms with van der Waals surface area (Å²) in [5.74, 6) is 0.236. The maximum atomic E-state index is 12.4. The molecular formula is C23H22N2O3. The quantitative estimate of drug-likeness (QED) is 0.656. The maximum Gasteiger partial charge on any atom is 0.265 e. The number of nitrogens with one attached hydrogen (secondary N) is 2. The molecule has 3 rings (SSSR count). The second-order valence-corrected chi connectivity index (χ2v) is 6.40. The Morgan fingerprint density at radius 2 is 1.29 bits per heavy atom. The van der Waals surface area contributed by atoms with Crippen LogP contribution in [-0.4, -0.2) is 17.9 Å². The number of carbonyl (C=O) groups excluding carboxylic acids is 2. The predicted molar refractivity (Wildman–Crippen MR) is 111 cm³/mol. The van der Waals surface area contributed by atoms with E-state index in [1.54, 1.807) is 31.2 Å². The van der Waals surface area contributed by atoms with Gasteiger partial charge in [0, 0.05) is 18.3 Å². The van der Waals surface area contributed by atoms with Gasteiger partial charge in [0.2, 0.25) is 5.91 Å². The molecule has 142 valence electrons. The molecule has 0 spiro atoms. The maximum absolute atomic E-state index is 12.4. The Kier molecular flexibility index (Phi) is 6.07. The number of hydrogen-bond acceptors (Lipinski definition) is 3. The van der Waals surface area contributed by atoms with Gasteiger partial charge in [0.1, 0.15) is 5.75 Å². The van der Waals surface area contributed by atoms with Crippen LogP contribution in [0.3, 0.4) is 0 Å². The molecule has 0 bridgehead atoms. The van der Waals surface area contributed by atoms with Crippen molar-refractivity contribution in [2.75, 3.05) is 10.6 Å². The van der Waals surface area contributed by atoms with Crippen LogP contribution < -0.4 is 15.4 Å². The Balaban J connectivity index is 1.57. The first-order valence-corrected chi connectivity index (χ1v) is 9.02. The average Bonchev–Trinajstić information content (AvgIpc) is 2.70. The minimum atomic E-state index is -0.655. The molecular weight excluding hydrogens is 352 g/mol. The first-order chi connectivity index (χ1) is 13.5. The van der Waals surface area contributed by atoms with Gasteiger partial charge >= 0.3 is 0 Å². The largest absolute Gasteiger partial charge is 0.481 e. The zero-order chi connectivity index (χ0) is 19.9. The van der Waals surface area contributed by atoms with Crippen LogP contribution in [0.4, 0.5) is 11.4 Å². The summed E-state index contributed by atoms with van der Waals surface area (Å²) in [7, 11) is 0. The van der Waals surface area contributed by atoms with Crippen LogP contribution in [0.25, 0.3) is 11.1 Å². The summed E-state index contributed by atoms with van der Waals surface area (Å²) in [5.41, 5.74) is 3.52. The molecule has 2 amide bonds. The fourth-order valence-electron chi connectivity index (χ4n) is 2.70. The highest BCUT2D eigenvalue weighted by atomic mass is 16.5. The number of amides is 2. The Morgan fingerprint density at radius 1 is 0.750 bits per heavy atom. The standard InChI is InChI=1S/C23H22N2O3/c1-16(23(27)25-21-12-10-20(11-13-21)24-17(2)26)28-22-14-8-19(9-15-22)18-6-4-3-5-7-18/h3-16H,1-2H3,(H,24,26)(H,25,27)/t16-/m0/s1. The van der Waals surface area contributed by atoms with Gasteiger partial charge in [-0.15, -0.1) is 0 Å². The van der Waals surface area contributed by atoms with E-state index < -0.39 is 6.10 Å². The molecule has 0 saturated heterocycles. The van der Waals surface area contributed by atoms with Crippen LogP contribution in [0.15, 0.2) is 78.9 Å². The summed E-state index contributed by atoms with van der Waals surface area (Å²) < 4.78 is 5.75. The molecule has 28 heavy (non-hydrogen) atoms. The summed E-state index contributed by atoms with van der Waals surface area (Å²) >= 11 is 0. The van der Waals surface area contributed by atoms with E-state index in [9.17, 15) is 9.59 Å². The third kappa shape index (κ3) is 5.20. The summed E-state index contributed by atoms with van der Waals surface area (Å²) in [5, 5.41) is 5.48. The van der Waals surface area contributed by atoms with Crippen LogP contribution in [0, 0.1) is 0 Å². The second-order valence-electron chi connectivity index (χ2n) is 6.40. The fraction of sp³-hybridized carbons (Fsp3) is 0.130. The third-order valence-corrected chi connectivity index (χ3v) is 4.12. The van der Waals surface area contributed by atoms with Crippen LogP contribution in [0.1, 0.15) is 13.8 Å². The molecule has 5 nitrogen and oxygen atoms in total. The number of rotatable bonds is 6. The minimum Gasteiger partial charge on any atom is -0.481 e. The summed E-state index contributed by atoms with van der Waals surface area (Å²) in [6.07, 6.45) is -0.655. The fourth-order valence-corrected chi connectivity index (χ4v) is 2.70. The van der Waals surface area contributed by atoms with E-state index in [4.69, 9.17) is 4.74 Å². The van der Waals surface area contributed by atoms with E-state index in [0.29, 0.717) is 17.1 Å². The van der Waals surface area contributed by atoms with Crippen molar-refractivity contribution in [3.63, 3.8) is 0 Å². The molecule has 0 heterocycles. The van der Waals surface area contributed by atoms with Gasteiger partial charge in [0.05, 0.1) is 0 Å². The summed E-state index contributed by atoms with van der Waals surface area (Å²) in [6, 6.07) is 24.6. The number of anilines is 2. The lowest BCUT2D eigenvalue weighted by atomic mass is 10.1. The highest BCUT2D eigenvalue weighted by molar-refractivity contribution is 5.94. The van der Waals surface area contributed by atoms with Gasteiger partial charge in [-0.3, -0.25) is 9.59 Å². The van der Waals surface area contributed by atoms with Crippen molar-refractivity contribution < 1.29 is 14.3 Å². The van der Waals surface area contributed by atoms with E-state index in [2.05, 4.69) is 10.6 Å². The van der Waals surface area contributed by atoms with Crippen molar-refractivity contribution in [2.24, 2.45) is 0 Å². The molecule has 5 heteroatoms. The van der Waals surface area contributed by atoms with Gasteiger partial charge in [-0.25, -0.2) is 0 Å². The van der Waals surface area contributed by atoms with E-state index in [0.717, 1.165) is 11.1 Å². The topological polar surface area (TPSA) is 67.4 Å². The van der Waals surface area contributed by atoms with Crippen LogP contribution in [-0.2, 0) is 9.59 Å². The first-order valence-electron chi connectivity index (χ1n) is 9.02. The molecule has 0 aromatic heterocycles. The highest BCUT2D eigenvalue weighted by Gasteiger charge is 2.15. The molecule has 2 N–H and O–H groups in total. The van der Waals surface area contributed by atoms with Gasteiger partial charge in [-0.1, -0.05) is 42.5 Å². The molecule has 0 radical (unpaired) electrons. The molecule has 1 atom stereocenters. The smallest absolute Gasteiger partial charge is 0.265 e. The Morgan fingerprint density at radius 3 is 1.86 bits per heavy atom. The lowest BCUT2D eigenvalue weighted by molar-refractivity contribution is -0.122. The Labute approximate surface area is 164 Å². The molecule has 0 aliphatic rings. The zero-order valence-electron chi connectivity index (χ0n) is 15.8. The van der Waals surface area contributed by atoms with Crippen LogP contribution >= 0.6 is 0 Å². The SMILES string of the molecule is CC(=O)Nc1ccc(NC(=O)[C@H](C)Oc2ccc(-c3ccccc3)cc2)cc1. The van der Waals surface area contributed by atoms with Gasteiger partial charge < -0.3 is 15.4 Å². The van der Waals surface area contributed by atoms with Crippen molar-refractivity contribution in [1.29, 1.82) is 0 Å². The monoisotopic (exact) mass is 374 g/mol. The highest BCUT2D eigenvalue weighted by Crippen LogP contribution is 2.23. The molecule has 3 aromatic carbocycles. The third-order valence-electron chi connectivity index (χ3n) is 4.12. The molecule has 3 aromatic rings. The second kappa shape index (κ2) is 8.86. The molecule has 0 unspecified atom stereocenters. The van der Waals surface area contributed by atoms with Gasteiger partial charge in [-0.2, -0.15) is 0 Å².